The number of hydrogen-bond donors (Lipinski definition) is 2. The van der Waals surface area contributed by atoms with Gasteiger partial charge >= 0.3 is 5.97 Å². The van der Waals surface area contributed by atoms with Gasteiger partial charge in [0.05, 0.1) is 6.61 Å². The lowest BCUT2D eigenvalue weighted by Crippen LogP contribution is -2.07. The number of phenolic OH excluding ortho intramolecular Hbond substituents is 2. The molecule has 0 atom stereocenters. The fourth-order valence-electron chi connectivity index (χ4n) is 4.76. The van der Waals surface area contributed by atoms with Crippen LogP contribution in [0.25, 0.3) is 33.4 Å². The number of esters is 1. The van der Waals surface area contributed by atoms with Crippen LogP contribution in [0.2, 0.25) is 0 Å². The van der Waals surface area contributed by atoms with E-state index < -0.39 is 5.97 Å². The van der Waals surface area contributed by atoms with Crippen LogP contribution in [-0.2, 0) is 22.4 Å². The second kappa shape index (κ2) is 10.6. The van der Waals surface area contributed by atoms with Gasteiger partial charge in [0.2, 0.25) is 0 Å². The smallest absolute Gasteiger partial charge is 0.330 e. The largest absolute Gasteiger partial charge is 0.505 e. The normalized spacial score (nSPS) is 11.2. The molecule has 2 N–H and O–H groups in total. The predicted octanol–water partition coefficient (Wildman–Crippen LogP) is 4.74. The van der Waals surface area contributed by atoms with Gasteiger partial charge in [-0.1, -0.05) is 43.0 Å². The summed E-state index contributed by atoms with van der Waals surface area (Å²) in [5, 5.41) is 40.9. The molecule has 0 aliphatic rings. The molecule has 6 aromatic rings. The zero-order chi connectivity index (χ0) is 28.5. The first-order valence-corrected chi connectivity index (χ1v) is 13.0. The molecule has 0 fully saturated rings. The van der Waals surface area contributed by atoms with E-state index in [0.717, 1.165) is 17.2 Å². The highest BCUT2D eigenvalue weighted by atomic mass is 16.5. The maximum absolute atomic E-state index is 11.6. The van der Waals surface area contributed by atoms with E-state index in [0.29, 0.717) is 51.0 Å². The van der Waals surface area contributed by atoms with Crippen molar-refractivity contribution in [3.05, 3.63) is 108 Å². The van der Waals surface area contributed by atoms with E-state index in [4.69, 9.17) is 4.74 Å². The van der Waals surface area contributed by atoms with Crippen molar-refractivity contribution in [2.24, 2.45) is 0 Å². The van der Waals surface area contributed by atoms with E-state index in [1.54, 1.807) is 6.07 Å². The van der Waals surface area contributed by atoms with Crippen molar-refractivity contribution in [1.82, 2.24) is 30.0 Å². The summed E-state index contributed by atoms with van der Waals surface area (Å²) < 4.78 is 5.19. The lowest BCUT2D eigenvalue weighted by atomic mass is 9.97. The van der Waals surface area contributed by atoms with Gasteiger partial charge in [-0.3, -0.25) is 0 Å². The molecule has 10 nitrogen and oxygen atoms in total. The number of aromatic nitrogens is 6. The van der Waals surface area contributed by atoms with Gasteiger partial charge in [0.25, 0.3) is 0 Å². The fourth-order valence-corrected chi connectivity index (χ4v) is 4.76. The molecule has 0 amide bonds. The molecule has 0 bridgehead atoms. The van der Waals surface area contributed by atoms with Crippen molar-refractivity contribution < 1.29 is 19.7 Å². The minimum atomic E-state index is -0.513. The number of aryl methyl sites for hydroxylation is 1. The molecular weight excluding hydrogens is 520 g/mol. The summed E-state index contributed by atoms with van der Waals surface area (Å²) in [6.07, 6.45) is 1.69. The number of rotatable bonds is 8. The number of benzene rings is 4. The summed E-state index contributed by atoms with van der Waals surface area (Å²) >= 11 is 0. The standard InChI is InChI=1S/C31H26N6O4/c1-3-29(38)41-13-12-20-16-22(31(40)28(17-20)37-34-25-10-6-7-11-26(25)35-37)18-21-14-19(2)15-27(30(21)39)36-32-23-8-4-5-9-24(23)33-36/h3-11,14-17,39-40H,1,12-13,18H2,2H3. The first-order valence-electron chi connectivity index (χ1n) is 13.0. The Morgan fingerprint density at radius 3 is 1.80 bits per heavy atom. The van der Waals surface area contributed by atoms with Crippen LogP contribution in [0.1, 0.15) is 22.3 Å². The number of phenols is 2. The Hall–Kier alpha value is -5.51. The second-order valence-electron chi connectivity index (χ2n) is 9.67. The maximum atomic E-state index is 11.6. The van der Waals surface area contributed by atoms with Crippen molar-refractivity contribution >= 4 is 28.0 Å². The number of ether oxygens (including phenoxy) is 1. The number of nitrogens with zero attached hydrogens (tertiary/aromatic N) is 6. The van der Waals surface area contributed by atoms with E-state index in [9.17, 15) is 15.0 Å². The molecule has 10 heteroatoms. The molecule has 6 rings (SSSR count). The average Bonchev–Trinajstić information content (AvgIpc) is 3.60. The third kappa shape index (κ3) is 5.10. The Labute approximate surface area is 234 Å². The molecule has 41 heavy (non-hydrogen) atoms. The highest BCUT2D eigenvalue weighted by Gasteiger charge is 2.19. The van der Waals surface area contributed by atoms with Crippen molar-refractivity contribution in [3.63, 3.8) is 0 Å². The molecule has 2 heterocycles. The Kier molecular flexibility index (Phi) is 6.64. The lowest BCUT2D eigenvalue weighted by Gasteiger charge is -2.15. The molecule has 0 saturated heterocycles. The first-order chi connectivity index (χ1) is 19.9. The van der Waals surface area contributed by atoms with Crippen LogP contribution in [0.5, 0.6) is 11.5 Å². The SMILES string of the molecule is C=CC(=O)OCCc1cc(Cc2cc(C)cc(-n3nc4ccccc4n3)c2O)c(O)c(-n2nc3ccccc3n2)c1. The van der Waals surface area contributed by atoms with Gasteiger partial charge in [0.15, 0.2) is 0 Å². The monoisotopic (exact) mass is 546 g/mol. The Morgan fingerprint density at radius 1 is 0.805 bits per heavy atom. The topological polar surface area (TPSA) is 128 Å². The Morgan fingerprint density at radius 2 is 1.29 bits per heavy atom. The third-order valence-electron chi connectivity index (χ3n) is 6.73. The Bertz CT molecular complexity index is 1870. The molecule has 0 spiro atoms. The minimum Gasteiger partial charge on any atom is -0.505 e. The van der Waals surface area contributed by atoms with Crippen LogP contribution >= 0.6 is 0 Å². The van der Waals surface area contributed by atoms with E-state index in [-0.39, 0.29) is 24.5 Å². The molecule has 204 valence electrons. The molecule has 0 aliphatic heterocycles. The van der Waals surface area contributed by atoms with Crippen LogP contribution in [0.15, 0.2) is 85.5 Å². The van der Waals surface area contributed by atoms with Crippen molar-refractivity contribution in [1.29, 1.82) is 0 Å². The highest BCUT2D eigenvalue weighted by Crippen LogP contribution is 2.35. The lowest BCUT2D eigenvalue weighted by molar-refractivity contribution is -0.137. The van der Waals surface area contributed by atoms with Gasteiger partial charge < -0.3 is 14.9 Å². The maximum Gasteiger partial charge on any atom is 0.330 e. The van der Waals surface area contributed by atoms with Crippen LogP contribution in [0, 0.1) is 6.92 Å². The minimum absolute atomic E-state index is 0.00475. The van der Waals surface area contributed by atoms with Crippen LogP contribution in [-0.4, -0.2) is 52.8 Å². The van der Waals surface area contributed by atoms with Gasteiger partial charge in [0.1, 0.15) is 44.9 Å². The summed E-state index contributed by atoms with van der Waals surface area (Å²) in [6, 6.07) is 22.2. The zero-order valence-corrected chi connectivity index (χ0v) is 22.2. The number of aromatic hydroxyl groups is 2. The van der Waals surface area contributed by atoms with Gasteiger partial charge in [0, 0.05) is 30.0 Å². The van der Waals surface area contributed by atoms with E-state index in [1.807, 2.05) is 73.7 Å². The van der Waals surface area contributed by atoms with Gasteiger partial charge in [-0.2, -0.15) is 0 Å². The predicted molar refractivity (Wildman–Crippen MR) is 153 cm³/mol. The third-order valence-corrected chi connectivity index (χ3v) is 6.73. The molecule has 0 unspecified atom stereocenters. The second-order valence-corrected chi connectivity index (χ2v) is 9.67. The quantitative estimate of drug-likeness (QED) is 0.207. The van der Waals surface area contributed by atoms with Crippen LogP contribution in [0.4, 0.5) is 0 Å². The van der Waals surface area contributed by atoms with Crippen molar-refractivity contribution in [2.75, 3.05) is 6.61 Å². The molecular formula is C31H26N6O4. The fraction of sp³-hybridized carbons (Fsp3) is 0.129. The summed E-state index contributed by atoms with van der Waals surface area (Å²) in [4.78, 5) is 14.4. The van der Waals surface area contributed by atoms with Gasteiger partial charge in [-0.05, 0) is 54.4 Å². The summed E-state index contributed by atoms with van der Waals surface area (Å²) in [5.74, 6) is -0.533. The molecule has 2 aromatic heterocycles. The number of carbonyl (C=O) groups excluding carboxylic acids is 1. The summed E-state index contributed by atoms with van der Waals surface area (Å²) in [5.41, 5.74) is 6.38. The number of fused-ring (bicyclic) bond motifs is 2. The highest BCUT2D eigenvalue weighted by molar-refractivity contribution is 5.81. The first kappa shape index (κ1) is 25.8. The Balaban J connectivity index is 1.42. The van der Waals surface area contributed by atoms with Gasteiger partial charge in [-0.15, -0.1) is 30.0 Å². The van der Waals surface area contributed by atoms with E-state index in [1.165, 1.54) is 9.59 Å². The summed E-state index contributed by atoms with van der Waals surface area (Å²) in [6.45, 7) is 5.48. The van der Waals surface area contributed by atoms with Crippen molar-refractivity contribution in [3.8, 4) is 22.9 Å². The number of carbonyl (C=O) groups is 1. The number of hydrogen-bond acceptors (Lipinski definition) is 8. The molecule has 0 radical (unpaired) electrons. The molecule has 4 aromatic carbocycles. The molecule has 0 aliphatic carbocycles. The molecule has 0 saturated carbocycles. The van der Waals surface area contributed by atoms with Crippen LogP contribution < -0.4 is 0 Å². The van der Waals surface area contributed by atoms with Gasteiger partial charge in [-0.25, -0.2) is 4.79 Å². The van der Waals surface area contributed by atoms with Crippen LogP contribution in [0.3, 0.4) is 0 Å². The zero-order valence-electron chi connectivity index (χ0n) is 22.2. The summed E-state index contributed by atoms with van der Waals surface area (Å²) in [7, 11) is 0. The van der Waals surface area contributed by atoms with E-state index in [2.05, 4.69) is 27.0 Å². The van der Waals surface area contributed by atoms with E-state index >= 15 is 0 Å². The van der Waals surface area contributed by atoms with Crippen molar-refractivity contribution in [2.45, 2.75) is 19.8 Å². The average molecular weight is 547 g/mol.